The maximum absolute atomic E-state index is 5.20. The number of rotatable bonds is 4. The highest BCUT2D eigenvalue weighted by Crippen LogP contribution is 2.05. The van der Waals surface area contributed by atoms with Crippen molar-refractivity contribution in [2.45, 2.75) is 26.9 Å². The van der Waals surface area contributed by atoms with Crippen LogP contribution in [0.15, 0.2) is 18.5 Å². The van der Waals surface area contributed by atoms with Gasteiger partial charge in [0.05, 0.1) is 0 Å². The maximum atomic E-state index is 5.20. The second-order valence-electron chi connectivity index (χ2n) is 4.15. The van der Waals surface area contributed by atoms with Crippen LogP contribution in [0.3, 0.4) is 0 Å². The van der Waals surface area contributed by atoms with Crippen LogP contribution >= 0.6 is 12.2 Å². The lowest BCUT2D eigenvalue weighted by atomic mass is 10.2. The van der Waals surface area contributed by atoms with Gasteiger partial charge in [-0.15, -0.1) is 0 Å². The third kappa shape index (κ3) is 2.38. The molecule has 0 aliphatic heterocycles. The molecule has 2 aromatic rings. The predicted octanol–water partition coefficient (Wildman–Crippen LogP) is 1.84. The minimum atomic E-state index is 0.542. The van der Waals surface area contributed by atoms with Crippen molar-refractivity contribution in [2.75, 3.05) is 0 Å². The Kier molecular flexibility index (Phi) is 3.19. The van der Waals surface area contributed by atoms with Gasteiger partial charge in [-0.3, -0.25) is 9.78 Å². The van der Waals surface area contributed by atoms with E-state index < -0.39 is 0 Å². The summed E-state index contributed by atoms with van der Waals surface area (Å²) in [6.07, 6.45) is 3.67. The summed E-state index contributed by atoms with van der Waals surface area (Å²) in [7, 11) is 0. The molecule has 0 saturated carbocycles. The molecule has 0 fully saturated rings. The van der Waals surface area contributed by atoms with Crippen molar-refractivity contribution >= 4 is 12.2 Å². The van der Waals surface area contributed by atoms with Gasteiger partial charge in [0, 0.05) is 18.9 Å². The topological polar surface area (TPSA) is 51.4 Å². The van der Waals surface area contributed by atoms with Crippen molar-refractivity contribution in [2.24, 2.45) is 5.92 Å². The summed E-state index contributed by atoms with van der Waals surface area (Å²) < 4.78 is 4.54. The first-order valence-corrected chi connectivity index (χ1v) is 5.69. The summed E-state index contributed by atoms with van der Waals surface area (Å²) in [5.74, 6) is 1.46. The van der Waals surface area contributed by atoms with Crippen LogP contribution in [0.5, 0.6) is 0 Å². The van der Waals surface area contributed by atoms with E-state index in [9.17, 15) is 0 Å². The Morgan fingerprint density at radius 1 is 1.50 bits per heavy atom. The summed E-state index contributed by atoms with van der Waals surface area (Å²) in [4.78, 5) is 0. The molecule has 0 aliphatic rings. The molecule has 0 atom stereocenters. The summed E-state index contributed by atoms with van der Waals surface area (Å²) in [6.45, 7) is 5.84. The van der Waals surface area contributed by atoms with Crippen molar-refractivity contribution in [1.29, 1.82) is 0 Å². The lowest BCUT2D eigenvalue weighted by Gasteiger charge is -2.09. The summed E-state index contributed by atoms with van der Waals surface area (Å²) in [5, 5.41) is 11.2. The number of H-pyrrole nitrogens is 1. The maximum Gasteiger partial charge on any atom is 0.195 e. The van der Waals surface area contributed by atoms with Crippen LogP contribution in [0.1, 0.15) is 19.7 Å². The van der Waals surface area contributed by atoms with Gasteiger partial charge in [-0.1, -0.05) is 13.8 Å². The fraction of sp³-hybridized carbons (Fsp3) is 0.500. The number of nitrogens with one attached hydrogen (secondary N) is 1. The molecule has 0 spiro atoms. The molecule has 2 heterocycles. The van der Waals surface area contributed by atoms with Crippen molar-refractivity contribution in [3.8, 4) is 0 Å². The molecule has 1 N–H and O–H groups in total. The predicted molar refractivity (Wildman–Crippen MR) is 63.6 cm³/mol. The molecule has 86 valence electrons. The Balaban J connectivity index is 2.24. The van der Waals surface area contributed by atoms with Gasteiger partial charge in [0.1, 0.15) is 6.54 Å². The standard InChI is InChI=1S/C10H15N5S/c1-8(2)6-15-9(12-13-10(15)16)7-14-5-3-4-11-14/h3-5,8H,6-7H2,1-2H3,(H,13,16). The van der Waals surface area contributed by atoms with E-state index in [1.54, 1.807) is 6.20 Å². The molecule has 5 nitrogen and oxygen atoms in total. The van der Waals surface area contributed by atoms with Crippen LogP contribution in [0.25, 0.3) is 0 Å². The summed E-state index contributed by atoms with van der Waals surface area (Å²) in [6, 6.07) is 1.90. The molecule has 0 aliphatic carbocycles. The van der Waals surface area contributed by atoms with E-state index in [1.807, 2.05) is 21.5 Å². The van der Waals surface area contributed by atoms with Crippen LogP contribution in [0.4, 0.5) is 0 Å². The van der Waals surface area contributed by atoms with E-state index in [-0.39, 0.29) is 0 Å². The lowest BCUT2D eigenvalue weighted by Crippen LogP contribution is -2.12. The molecule has 0 amide bonds. The highest BCUT2D eigenvalue weighted by atomic mass is 32.1. The molecule has 6 heteroatoms. The second kappa shape index (κ2) is 4.61. The SMILES string of the molecule is CC(C)Cn1c(Cn2cccn2)n[nH]c1=S. The summed E-state index contributed by atoms with van der Waals surface area (Å²) >= 11 is 5.20. The Hall–Kier alpha value is -1.43. The summed E-state index contributed by atoms with van der Waals surface area (Å²) in [5.41, 5.74) is 0. The van der Waals surface area contributed by atoms with Crippen molar-refractivity contribution in [3.63, 3.8) is 0 Å². The normalized spacial score (nSPS) is 11.2. The highest BCUT2D eigenvalue weighted by molar-refractivity contribution is 7.71. The van der Waals surface area contributed by atoms with E-state index in [0.29, 0.717) is 17.2 Å². The Bertz CT molecular complexity index is 494. The van der Waals surface area contributed by atoms with Crippen LogP contribution < -0.4 is 0 Å². The lowest BCUT2D eigenvalue weighted by molar-refractivity contribution is 0.491. The number of nitrogens with zero attached hydrogens (tertiary/aromatic N) is 4. The Morgan fingerprint density at radius 2 is 2.31 bits per heavy atom. The van der Waals surface area contributed by atoms with E-state index in [0.717, 1.165) is 12.4 Å². The third-order valence-corrected chi connectivity index (χ3v) is 2.56. The first-order valence-electron chi connectivity index (χ1n) is 5.28. The van der Waals surface area contributed by atoms with Crippen LogP contribution in [0.2, 0.25) is 0 Å². The molecule has 0 saturated heterocycles. The van der Waals surface area contributed by atoms with E-state index in [2.05, 4.69) is 29.1 Å². The largest absolute Gasteiger partial charge is 0.302 e. The van der Waals surface area contributed by atoms with Crippen molar-refractivity contribution in [1.82, 2.24) is 24.5 Å². The number of aromatic nitrogens is 5. The average molecular weight is 237 g/mol. The van der Waals surface area contributed by atoms with Gasteiger partial charge in [0.25, 0.3) is 0 Å². The minimum Gasteiger partial charge on any atom is -0.302 e. The molecule has 2 aromatic heterocycles. The molecule has 2 rings (SSSR count). The van der Waals surface area contributed by atoms with E-state index >= 15 is 0 Å². The van der Waals surface area contributed by atoms with Crippen LogP contribution in [-0.2, 0) is 13.1 Å². The first-order chi connectivity index (χ1) is 7.66. The average Bonchev–Trinajstić information content (AvgIpc) is 2.82. The van der Waals surface area contributed by atoms with E-state index in [1.165, 1.54) is 0 Å². The van der Waals surface area contributed by atoms with Gasteiger partial charge >= 0.3 is 0 Å². The molecule has 0 unspecified atom stereocenters. The first kappa shape index (κ1) is 11.1. The second-order valence-corrected chi connectivity index (χ2v) is 4.54. The fourth-order valence-electron chi connectivity index (χ4n) is 1.56. The third-order valence-electron chi connectivity index (χ3n) is 2.25. The van der Waals surface area contributed by atoms with Gasteiger partial charge < -0.3 is 4.57 Å². The number of hydrogen-bond donors (Lipinski definition) is 1. The zero-order chi connectivity index (χ0) is 11.5. The van der Waals surface area contributed by atoms with Gasteiger partial charge in [-0.2, -0.15) is 10.2 Å². The van der Waals surface area contributed by atoms with Gasteiger partial charge in [-0.25, -0.2) is 0 Å². The quantitative estimate of drug-likeness (QED) is 0.825. The molecular weight excluding hydrogens is 222 g/mol. The number of aromatic amines is 1. The molecule has 0 aromatic carbocycles. The zero-order valence-corrected chi connectivity index (χ0v) is 10.2. The fourth-order valence-corrected chi connectivity index (χ4v) is 1.79. The van der Waals surface area contributed by atoms with Crippen molar-refractivity contribution < 1.29 is 0 Å². The van der Waals surface area contributed by atoms with Crippen LogP contribution in [-0.4, -0.2) is 24.5 Å². The smallest absolute Gasteiger partial charge is 0.195 e. The molecule has 0 radical (unpaired) electrons. The molecule has 16 heavy (non-hydrogen) atoms. The zero-order valence-electron chi connectivity index (χ0n) is 9.42. The van der Waals surface area contributed by atoms with Crippen molar-refractivity contribution in [3.05, 3.63) is 29.1 Å². The molecule has 0 bridgehead atoms. The van der Waals surface area contributed by atoms with Gasteiger partial charge in [0.15, 0.2) is 10.6 Å². The van der Waals surface area contributed by atoms with E-state index in [4.69, 9.17) is 12.2 Å². The number of hydrogen-bond acceptors (Lipinski definition) is 3. The minimum absolute atomic E-state index is 0.542. The van der Waals surface area contributed by atoms with Gasteiger partial charge in [-0.05, 0) is 24.2 Å². The highest BCUT2D eigenvalue weighted by Gasteiger charge is 2.08. The van der Waals surface area contributed by atoms with Gasteiger partial charge in [0.2, 0.25) is 0 Å². The van der Waals surface area contributed by atoms with Crippen LogP contribution in [0, 0.1) is 10.7 Å². The Labute approximate surface area is 99.1 Å². The monoisotopic (exact) mass is 237 g/mol. The Morgan fingerprint density at radius 3 is 2.94 bits per heavy atom. The molecular formula is C10H15N5S.